The number of benzene rings is 1. The number of nitrogens with zero attached hydrogens (tertiary/aromatic N) is 1. The number of phenols is 1. The van der Waals surface area contributed by atoms with Gasteiger partial charge < -0.3 is 19.7 Å². The maximum absolute atomic E-state index is 12.2. The molecule has 3 unspecified atom stereocenters. The van der Waals surface area contributed by atoms with Gasteiger partial charge in [-0.25, -0.2) is 0 Å². The zero-order chi connectivity index (χ0) is 23.9. The Morgan fingerprint density at radius 3 is 2.59 bits per heavy atom. The number of ether oxygens (including phenoxy) is 2. The van der Waals surface area contributed by atoms with Gasteiger partial charge in [-0.1, -0.05) is 26.8 Å². The molecular weight excluding hydrogens is 426 g/mol. The van der Waals surface area contributed by atoms with Gasteiger partial charge in [0.25, 0.3) is 0 Å². The smallest absolute Gasteiger partial charge is 0.165 e. The molecule has 2 aliphatic heterocycles. The van der Waals surface area contributed by atoms with E-state index < -0.39 is 11.2 Å². The predicted octanol–water partition coefficient (Wildman–Crippen LogP) is 4.41. The standard InChI is InChI=1S/C29H41NO4/c1-25(2,3)26(4,32)20-15-27-10-11-29(20,33-5)24-28(27)12-13-30(16-17-6-7-17)21(27)14-18-8-9-19(31)23(34-24)22(18)28/h8-9,17,20-21,24,31-32H,6-7,10-16H2,1-5H3/t20-,21-,24?,26?,27?,28+,29+/m1/s1. The highest BCUT2D eigenvalue weighted by Crippen LogP contribution is 2.78. The number of methoxy groups -OCH3 is 1. The molecule has 7 aliphatic rings. The number of rotatable bonds is 4. The zero-order valence-corrected chi connectivity index (χ0v) is 21.5. The molecular formula is C29H41NO4. The van der Waals surface area contributed by atoms with E-state index in [1.54, 1.807) is 0 Å². The van der Waals surface area contributed by atoms with Gasteiger partial charge in [-0.05, 0) is 81.4 Å². The number of likely N-dealkylation sites (tertiary alicyclic amines) is 1. The Bertz CT molecular complexity index is 1060. The van der Waals surface area contributed by atoms with Crippen molar-refractivity contribution in [3.63, 3.8) is 0 Å². The highest BCUT2D eigenvalue weighted by Gasteiger charge is 2.82. The van der Waals surface area contributed by atoms with Crippen LogP contribution in [0.15, 0.2) is 12.1 Å². The summed E-state index contributed by atoms with van der Waals surface area (Å²) >= 11 is 0. The normalized spacial score (nSPS) is 43.9. The largest absolute Gasteiger partial charge is 0.504 e. The van der Waals surface area contributed by atoms with Gasteiger partial charge in [-0.15, -0.1) is 0 Å². The fourth-order valence-electron chi connectivity index (χ4n) is 9.58. The highest BCUT2D eigenvalue weighted by atomic mass is 16.6. The fraction of sp³-hybridized carbons (Fsp3) is 0.793. The topological polar surface area (TPSA) is 62.2 Å². The maximum Gasteiger partial charge on any atom is 0.165 e. The van der Waals surface area contributed by atoms with Crippen LogP contribution in [-0.2, 0) is 16.6 Å². The third-order valence-electron chi connectivity index (χ3n) is 11.9. The summed E-state index contributed by atoms with van der Waals surface area (Å²) in [5.41, 5.74) is 0.783. The SMILES string of the molecule is CO[C@@]12CCC3(C[C@@H]1C(C)(O)C(C)(C)C)[C@H]1Cc4ccc(O)c5c4[C@@]3(CCN1CC1CC1)C2O5. The summed E-state index contributed by atoms with van der Waals surface area (Å²) < 4.78 is 13.5. The molecule has 5 aliphatic carbocycles. The van der Waals surface area contributed by atoms with Crippen molar-refractivity contribution in [1.82, 2.24) is 4.90 Å². The van der Waals surface area contributed by atoms with Crippen molar-refractivity contribution in [3.8, 4) is 11.5 Å². The lowest BCUT2D eigenvalue weighted by Crippen LogP contribution is -2.83. The number of hydrogen-bond donors (Lipinski definition) is 2. The molecule has 5 fully saturated rings. The van der Waals surface area contributed by atoms with E-state index in [1.165, 1.54) is 30.5 Å². The van der Waals surface area contributed by atoms with Crippen molar-refractivity contribution < 1.29 is 19.7 Å². The van der Waals surface area contributed by atoms with Crippen molar-refractivity contribution >= 4 is 0 Å². The zero-order valence-electron chi connectivity index (χ0n) is 21.5. The van der Waals surface area contributed by atoms with Crippen LogP contribution in [0.5, 0.6) is 11.5 Å². The molecule has 5 heteroatoms. The summed E-state index contributed by atoms with van der Waals surface area (Å²) in [5.74, 6) is 1.80. The maximum atomic E-state index is 12.2. The molecule has 34 heavy (non-hydrogen) atoms. The summed E-state index contributed by atoms with van der Waals surface area (Å²) in [6.45, 7) is 10.8. The van der Waals surface area contributed by atoms with Gasteiger partial charge in [-0.3, -0.25) is 4.90 Å². The monoisotopic (exact) mass is 467 g/mol. The number of aliphatic hydroxyl groups is 1. The van der Waals surface area contributed by atoms with Crippen molar-refractivity contribution in [3.05, 3.63) is 23.3 Å². The van der Waals surface area contributed by atoms with Gasteiger partial charge in [0, 0.05) is 42.0 Å². The Labute approximate surface area is 203 Å². The summed E-state index contributed by atoms with van der Waals surface area (Å²) in [4.78, 5) is 2.82. The predicted molar refractivity (Wildman–Crippen MR) is 130 cm³/mol. The molecule has 2 spiro atoms. The van der Waals surface area contributed by atoms with Crippen LogP contribution in [0.2, 0.25) is 0 Å². The molecule has 7 atom stereocenters. The van der Waals surface area contributed by atoms with Crippen LogP contribution < -0.4 is 4.74 Å². The Morgan fingerprint density at radius 2 is 1.91 bits per heavy atom. The third-order valence-corrected chi connectivity index (χ3v) is 11.9. The minimum absolute atomic E-state index is 0.0294. The van der Waals surface area contributed by atoms with Gasteiger partial charge in [0.05, 0.1) is 5.60 Å². The lowest BCUT2D eigenvalue weighted by atomic mass is 9.33. The second-order valence-corrected chi connectivity index (χ2v) is 13.8. The Morgan fingerprint density at radius 1 is 1.15 bits per heavy atom. The molecule has 5 nitrogen and oxygen atoms in total. The third kappa shape index (κ3) is 2.25. The average Bonchev–Trinajstić information content (AvgIpc) is 3.53. The Kier molecular flexibility index (Phi) is 4.08. The second kappa shape index (κ2) is 6.33. The van der Waals surface area contributed by atoms with Gasteiger partial charge in [0.2, 0.25) is 0 Å². The van der Waals surface area contributed by atoms with E-state index in [-0.39, 0.29) is 34.0 Å². The van der Waals surface area contributed by atoms with E-state index in [4.69, 9.17) is 9.47 Å². The number of phenolic OH excluding ortho intramolecular Hbond substituents is 1. The second-order valence-electron chi connectivity index (χ2n) is 13.8. The molecule has 0 aromatic heterocycles. The van der Waals surface area contributed by atoms with Crippen LogP contribution in [0.1, 0.15) is 77.3 Å². The van der Waals surface area contributed by atoms with Crippen molar-refractivity contribution in [1.29, 1.82) is 0 Å². The highest BCUT2D eigenvalue weighted by molar-refractivity contribution is 5.63. The first kappa shape index (κ1) is 21.9. The van der Waals surface area contributed by atoms with E-state index in [2.05, 4.69) is 31.7 Å². The van der Waals surface area contributed by atoms with E-state index in [9.17, 15) is 10.2 Å². The molecule has 1 aromatic carbocycles. The van der Waals surface area contributed by atoms with Crippen LogP contribution in [0.3, 0.4) is 0 Å². The Hall–Kier alpha value is -1.30. The first-order valence-electron chi connectivity index (χ1n) is 13.6. The van der Waals surface area contributed by atoms with Gasteiger partial charge >= 0.3 is 0 Å². The number of aromatic hydroxyl groups is 1. The summed E-state index contributed by atoms with van der Waals surface area (Å²) in [6, 6.07) is 4.46. The summed E-state index contributed by atoms with van der Waals surface area (Å²) in [7, 11) is 1.83. The van der Waals surface area contributed by atoms with Crippen LogP contribution in [-0.4, -0.2) is 58.7 Å². The molecule has 4 bridgehead atoms. The Balaban J connectivity index is 1.47. The van der Waals surface area contributed by atoms with Gasteiger partial charge in [-0.2, -0.15) is 0 Å². The van der Waals surface area contributed by atoms with Crippen LogP contribution in [0.25, 0.3) is 0 Å². The molecule has 0 amide bonds. The lowest BCUT2D eigenvalue weighted by Gasteiger charge is -2.75. The molecule has 4 saturated carbocycles. The van der Waals surface area contributed by atoms with E-state index >= 15 is 0 Å². The van der Waals surface area contributed by atoms with Gasteiger partial charge in [0.15, 0.2) is 11.5 Å². The van der Waals surface area contributed by atoms with E-state index in [1.807, 2.05) is 20.1 Å². The molecule has 2 N–H and O–H groups in total. The van der Waals surface area contributed by atoms with Crippen LogP contribution in [0, 0.1) is 22.7 Å². The van der Waals surface area contributed by atoms with Crippen molar-refractivity contribution in [2.45, 2.75) is 101 Å². The summed E-state index contributed by atoms with van der Waals surface area (Å²) in [5, 5.41) is 23.2. The van der Waals surface area contributed by atoms with Crippen molar-refractivity contribution in [2.75, 3.05) is 20.2 Å². The molecule has 186 valence electrons. The van der Waals surface area contributed by atoms with Gasteiger partial charge in [0.1, 0.15) is 11.7 Å². The fourth-order valence-corrected chi connectivity index (χ4v) is 9.58. The molecule has 2 heterocycles. The molecule has 1 saturated heterocycles. The lowest BCUT2D eigenvalue weighted by molar-refractivity contribution is -0.312. The minimum Gasteiger partial charge on any atom is -0.504 e. The van der Waals surface area contributed by atoms with E-state index in [0.717, 1.165) is 44.6 Å². The van der Waals surface area contributed by atoms with Crippen molar-refractivity contribution in [2.24, 2.45) is 22.7 Å². The number of hydrogen-bond acceptors (Lipinski definition) is 5. The van der Waals surface area contributed by atoms with Crippen LogP contribution >= 0.6 is 0 Å². The quantitative estimate of drug-likeness (QED) is 0.687. The average molecular weight is 468 g/mol. The number of piperidine rings is 1. The van der Waals surface area contributed by atoms with E-state index in [0.29, 0.717) is 11.8 Å². The molecule has 0 radical (unpaired) electrons. The first-order chi connectivity index (χ1) is 16.0. The number of fused-ring (bicyclic) bond motifs is 2. The van der Waals surface area contributed by atoms with Crippen LogP contribution in [0.4, 0.5) is 0 Å². The first-order valence-corrected chi connectivity index (χ1v) is 13.6. The molecule has 8 rings (SSSR count). The minimum atomic E-state index is -0.909. The molecule has 1 aromatic rings. The summed E-state index contributed by atoms with van der Waals surface area (Å²) in [6.07, 6.45) is 7.64.